The van der Waals surface area contributed by atoms with E-state index in [1.54, 1.807) is 0 Å². The van der Waals surface area contributed by atoms with Crippen LogP contribution in [0.4, 0.5) is 4.79 Å². The molecule has 2 N–H and O–H groups in total. The van der Waals surface area contributed by atoms with Crippen molar-refractivity contribution >= 4 is 6.09 Å². The van der Waals surface area contributed by atoms with Gasteiger partial charge in [-0.15, -0.1) is 0 Å². The van der Waals surface area contributed by atoms with Crippen LogP contribution in [0.1, 0.15) is 47.0 Å². The Labute approximate surface area is 123 Å². The minimum Gasteiger partial charge on any atom is -0.444 e. The molecule has 0 radical (unpaired) electrons. The van der Waals surface area contributed by atoms with Gasteiger partial charge in [0.25, 0.3) is 0 Å². The Morgan fingerprint density at radius 1 is 1.35 bits per heavy atom. The van der Waals surface area contributed by atoms with Crippen molar-refractivity contribution in [2.45, 2.75) is 64.6 Å². The molecule has 1 rings (SSSR count). The summed E-state index contributed by atoms with van der Waals surface area (Å²) in [5.41, 5.74) is -0.441. The van der Waals surface area contributed by atoms with Crippen LogP contribution in [0, 0.1) is 0 Å². The predicted molar refractivity (Wildman–Crippen MR) is 82.0 cm³/mol. The molecule has 0 saturated carbocycles. The molecule has 20 heavy (non-hydrogen) atoms. The standard InChI is InChI=1S/C15H31N3O2/c1-12(17-14(19)20-15(2,3)4)11-16-13-7-6-9-18(5)10-8-13/h12-13,16H,6-11H2,1-5H3,(H,17,19). The summed E-state index contributed by atoms with van der Waals surface area (Å²) in [6.45, 7) is 10.7. The summed E-state index contributed by atoms with van der Waals surface area (Å²) in [7, 11) is 2.18. The molecule has 1 fully saturated rings. The molecule has 0 spiro atoms. The molecule has 0 aliphatic carbocycles. The first-order valence-electron chi connectivity index (χ1n) is 7.68. The van der Waals surface area contributed by atoms with E-state index in [1.807, 2.05) is 27.7 Å². The molecule has 2 unspecified atom stereocenters. The Morgan fingerprint density at radius 3 is 2.70 bits per heavy atom. The highest BCUT2D eigenvalue weighted by atomic mass is 16.6. The van der Waals surface area contributed by atoms with Gasteiger partial charge >= 0.3 is 6.09 Å². The van der Waals surface area contributed by atoms with Gasteiger partial charge in [0, 0.05) is 18.6 Å². The molecular formula is C15H31N3O2. The third kappa shape index (κ3) is 7.70. The van der Waals surface area contributed by atoms with E-state index < -0.39 is 5.60 Å². The number of alkyl carbamates (subject to hydrolysis) is 1. The van der Waals surface area contributed by atoms with Gasteiger partial charge in [-0.05, 0) is 67.1 Å². The van der Waals surface area contributed by atoms with E-state index >= 15 is 0 Å². The van der Waals surface area contributed by atoms with Crippen molar-refractivity contribution in [3.63, 3.8) is 0 Å². The normalized spacial score (nSPS) is 22.9. The van der Waals surface area contributed by atoms with E-state index in [2.05, 4.69) is 22.6 Å². The Balaban J connectivity index is 2.22. The van der Waals surface area contributed by atoms with Gasteiger partial charge in [0.15, 0.2) is 0 Å². The van der Waals surface area contributed by atoms with Gasteiger partial charge in [-0.25, -0.2) is 4.79 Å². The maximum atomic E-state index is 11.7. The second kappa shape index (κ2) is 7.84. The number of nitrogens with zero attached hydrogens (tertiary/aromatic N) is 1. The van der Waals surface area contributed by atoms with Crippen molar-refractivity contribution in [3.05, 3.63) is 0 Å². The number of hydrogen-bond acceptors (Lipinski definition) is 4. The number of rotatable bonds is 4. The summed E-state index contributed by atoms with van der Waals surface area (Å²) in [4.78, 5) is 14.0. The Bertz CT molecular complexity index is 302. The largest absolute Gasteiger partial charge is 0.444 e. The van der Waals surface area contributed by atoms with Gasteiger partial charge < -0.3 is 20.3 Å². The van der Waals surface area contributed by atoms with Crippen LogP contribution in [-0.2, 0) is 4.74 Å². The highest BCUT2D eigenvalue weighted by Crippen LogP contribution is 2.09. The zero-order valence-corrected chi connectivity index (χ0v) is 13.7. The van der Waals surface area contributed by atoms with Gasteiger partial charge in [-0.1, -0.05) is 0 Å². The Kier molecular flexibility index (Phi) is 6.76. The minimum atomic E-state index is -0.441. The second-order valence-corrected chi connectivity index (χ2v) is 6.89. The number of carbonyl (C=O) groups excluding carboxylic acids is 1. The zero-order valence-electron chi connectivity index (χ0n) is 13.7. The van der Waals surface area contributed by atoms with E-state index in [4.69, 9.17) is 4.74 Å². The zero-order chi connectivity index (χ0) is 15.2. The van der Waals surface area contributed by atoms with E-state index in [-0.39, 0.29) is 12.1 Å². The maximum absolute atomic E-state index is 11.7. The predicted octanol–water partition coefficient (Wildman–Crippen LogP) is 1.97. The first-order chi connectivity index (χ1) is 9.26. The number of ether oxygens (including phenoxy) is 1. The van der Waals surface area contributed by atoms with Crippen molar-refractivity contribution in [3.8, 4) is 0 Å². The fourth-order valence-corrected chi connectivity index (χ4v) is 2.35. The van der Waals surface area contributed by atoms with Crippen molar-refractivity contribution in [1.82, 2.24) is 15.5 Å². The fourth-order valence-electron chi connectivity index (χ4n) is 2.35. The highest BCUT2D eigenvalue weighted by Gasteiger charge is 2.19. The second-order valence-electron chi connectivity index (χ2n) is 6.89. The topological polar surface area (TPSA) is 53.6 Å². The molecular weight excluding hydrogens is 254 g/mol. The lowest BCUT2D eigenvalue weighted by Crippen LogP contribution is -2.45. The van der Waals surface area contributed by atoms with Crippen molar-refractivity contribution < 1.29 is 9.53 Å². The number of amides is 1. The molecule has 5 heteroatoms. The number of likely N-dealkylation sites (tertiary alicyclic amines) is 1. The smallest absolute Gasteiger partial charge is 0.407 e. The van der Waals surface area contributed by atoms with Crippen molar-refractivity contribution in [2.75, 3.05) is 26.7 Å². The third-order valence-electron chi connectivity index (χ3n) is 3.43. The molecule has 5 nitrogen and oxygen atoms in total. The SMILES string of the molecule is CC(CNC1CCCN(C)CC1)NC(=O)OC(C)(C)C. The Morgan fingerprint density at radius 2 is 2.05 bits per heavy atom. The number of nitrogens with one attached hydrogen (secondary N) is 2. The third-order valence-corrected chi connectivity index (χ3v) is 3.43. The summed E-state index contributed by atoms with van der Waals surface area (Å²) in [6, 6.07) is 0.633. The minimum absolute atomic E-state index is 0.0748. The summed E-state index contributed by atoms with van der Waals surface area (Å²) in [5, 5.41) is 6.42. The van der Waals surface area contributed by atoms with Crippen LogP contribution < -0.4 is 10.6 Å². The molecule has 1 saturated heterocycles. The molecule has 2 atom stereocenters. The van der Waals surface area contributed by atoms with E-state index in [1.165, 1.54) is 25.8 Å². The molecule has 1 aliphatic heterocycles. The van der Waals surface area contributed by atoms with Crippen LogP contribution in [0.25, 0.3) is 0 Å². The van der Waals surface area contributed by atoms with Crippen LogP contribution in [-0.4, -0.2) is 55.4 Å². The van der Waals surface area contributed by atoms with E-state index in [0.717, 1.165) is 13.1 Å². The van der Waals surface area contributed by atoms with Gasteiger partial charge in [0.1, 0.15) is 5.60 Å². The average molecular weight is 285 g/mol. The van der Waals surface area contributed by atoms with Crippen molar-refractivity contribution in [2.24, 2.45) is 0 Å². The Hall–Kier alpha value is -0.810. The van der Waals surface area contributed by atoms with Gasteiger partial charge in [-0.3, -0.25) is 0 Å². The van der Waals surface area contributed by atoms with Crippen LogP contribution >= 0.6 is 0 Å². The number of hydrogen-bond donors (Lipinski definition) is 2. The molecule has 0 aromatic heterocycles. The van der Waals surface area contributed by atoms with Gasteiger partial charge in [0.05, 0.1) is 0 Å². The summed E-state index contributed by atoms with van der Waals surface area (Å²) in [6.07, 6.45) is 3.29. The molecule has 0 aromatic rings. The van der Waals surface area contributed by atoms with E-state index in [0.29, 0.717) is 6.04 Å². The van der Waals surface area contributed by atoms with Crippen molar-refractivity contribution in [1.29, 1.82) is 0 Å². The lowest BCUT2D eigenvalue weighted by Gasteiger charge is -2.23. The first-order valence-corrected chi connectivity index (χ1v) is 7.68. The van der Waals surface area contributed by atoms with E-state index in [9.17, 15) is 4.79 Å². The molecule has 0 bridgehead atoms. The molecule has 1 heterocycles. The summed E-state index contributed by atoms with van der Waals surface area (Å²) >= 11 is 0. The highest BCUT2D eigenvalue weighted by molar-refractivity contribution is 5.68. The van der Waals surface area contributed by atoms with Gasteiger partial charge in [0.2, 0.25) is 0 Å². The fraction of sp³-hybridized carbons (Fsp3) is 0.933. The monoisotopic (exact) mass is 285 g/mol. The quantitative estimate of drug-likeness (QED) is 0.829. The molecule has 1 aliphatic rings. The average Bonchev–Trinajstić information content (AvgIpc) is 2.48. The molecule has 0 aromatic carbocycles. The lowest BCUT2D eigenvalue weighted by molar-refractivity contribution is 0.0507. The molecule has 118 valence electrons. The number of carbonyl (C=O) groups is 1. The van der Waals surface area contributed by atoms with Crippen LogP contribution in [0.2, 0.25) is 0 Å². The van der Waals surface area contributed by atoms with Crippen LogP contribution in [0.5, 0.6) is 0 Å². The summed E-state index contributed by atoms with van der Waals surface area (Å²) < 4.78 is 5.25. The van der Waals surface area contributed by atoms with Crippen LogP contribution in [0.15, 0.2) is 0 Å². The summed E-state index contributed by atoms with van der Waals surface area (Å²) in [5.74, 6) is 0. The van der Waals surface area contributed by atoms with Gasteiger partial charge in [-0.2, -0.15) is 0 Å². The first kappa shape index (κ1) is 17.2. The lowest BCUT2D eigenvalue weighted by atomic mass is 10.1. The van der Waals surface area contributed by atoms with Crippen LogP contribution in [0.3, 0.4) is 0 Å². The maximum Gasteiger partial charge on any atom is 0.407 e. The molecule has 1 amide bonds.